The van der Waals surface area contributed by atoms with E-state index in [-0.39, 0.29) is 4.90 Å². The molecule has 0 saturated heterocycles. The average molecular weight is 316 g/mol. The van der Waals surface area contributed by atoms with Gasteiger partial charge in [-0.1, -0.05) is 6.92 Å². The Morgan fingerprint density at radius 3 is 2.55 bits per heavy atom. The zero-order chi connectivity index (χ0) is 15.3. The molecule has 0 amide bonds. The minimum atomic E-state index is -3.45. The summed E-state index contributed by atoms with van der Waals surface area (Å²) in [5.41, 5.74) is 0.718. The van der Waals surface area contributed by atoms with Crippen molar-refractivity contribution in [2.45, 2.75) is 25.7 Å². The highest BCUT2D eigenvalue weighted by Crippen LogP contribution is 2.22. The lowest BCUT2D eigenvalue weighted by Crippen LogP contribution is -2.29. The summed E-state index contributed by atoms with van der Waals surface area (Å²) in [6.45, 7) is 6.58. The van der Waals surface area contributed by atoms with Crippen molar-refractivity contribution in [3.8, 4) is 5.75 Å². The lowest BCUT2D eigenvalue weighted by Gasteiger charge is -2.18. The van der Waals surface area contributed by atoms with Crippen LogP contribution in [-0.2, 0) is 10.0 Å². The van der Waals surface area contributed by atoms with Gasteiger partial charge in [0.1, 0.15) is 5.75 Å². The fourth-order valence-corrected chi connectivity index (χ4v) is 2.82. The van der Waals surface area contributed by atoms with Crippen LogP contribution in [0, 0.1) is 6.92 Å². The van der Waals surface area contributed by atoms with Crippen molar-refractivity contribution < 1.29 is 13.2 Å². The van der Waals surface area contributed by atoms with E-state index in [1.165, 1.54) is 6.07 Å². The first-order valence-electron chi connectivity index (χ1n) is 6.35. The first-order valence-corrected chi connectivity index (χ1v) is 8.24. The largest absolute Gasteiger partial charge is 0.432 e. The third kappa shape index (κ3) is 4.16. The van der Waals surface area contributed by atoms with E-state index in [1.807, 2.05) is 14.0 Å². The topological polar surface area (TPSA) is 58.6 Å². The summed E-state index contributed by atoms with van der Waals surface area (Å²) in [4.78, 5) is 2.01. The second kappa shape index (κ2) is 7.01. The summed E-state index contributed by atoms with van der Waals surface area (Å²) in [7, 11) is -1.61. The summed E-state index contributed by atoms with van der Waals surface area (Å²) in [5, 5.41) is 0.359. The van der Waals surface area contributed by atoms with Crippen LogP contribution < -0.4 is 9.46 Å². The van der Waals surface area contributed by atoms with Crippen molar-refractivity contribution in [3.63, 3.8) is 0 Å². The van der Waals surface area contributed by atoms with Gasteiger partial charge in [-0.2, -0.15) is 0 Å². The van der Waals surface area contributed by atoms with Gasteiger partial charge in [-0.05, 0) is 49.8 Å². The van der Waals surface area contributed by atoms with Gasteiger partial charge in [0, 0.05) is 20.1 Å². The number of hydrogen-bond donors (Lipinski definition) is 1. The molecule has 0 fully saturated rings. The summed E-state index contributed by atoms with van der Waals surface area (Å²) in [5.74, 6) is 0.561. The predicted molar refractivity (Wildman–Crippen MR) is 83.6 cm³/mol. The number of nitrogens with one attached hydrogen (secondary N) is 1. The molecule has 0 spiro atoms. The van der Waals surface area contributed by atoms with E-state index >= 15 is 0 Å². The Morgan fingerprint density at radius 1 is 1.40 bits per heavy atom. The van der Waals surface area contributed by atoms with Crippen LogP contribution in [0.15, 0.2) is 23.1 Å². The number of hydrogen-bond acceptors (Lipinski definition) is 4. The lowest BCUT2D eigenvalue weighted by atomic mass is 10.2. The number of thiocarbonyl (C=S) groups is 1. The van der Waals surface area contributed by atoms with Crippen LogP contribution in [0.5, 0.6) is 5.75 Å². The quantitative estimate of drug-likeness (QED) is 0.841. The predicted octanol–water partition coefficient (Wildman–Crippen LogP) is 1.91. The van der Waals surface area contributed by atoms with Crippen molar-refractivity contribution >= 4 is 27.4 Å². The van der Waals surface area contributed by atoms with E-state index < -0.39 is 10.0 Å². The minimum Gasteiger partial charge on any atom is -0.432 e. The summed E-state index contributed by atoms with van der Waals surface area (Å²) >= 11 is 5.14. The molecule has 5 nitrogen and oxygen atoms in total. The molecule has 0 bridgehead atoms. The van der Waals surface area contributed by atoms with Gasteiger partial charge in [0.25, 0.3) is 5.17 Å². The second-order valence-corrected chi connectivity index (χ2v) is 6.43. The first-order chi connectivity index (χ1) is 9.31. The van der Waals surface area contributed by atoms with Crippen LogP contribution in [0.25, 0.3) is 0 Å². The van der Waals surface area contributed by atoms with E-state index in [0.717, 1.165) is 12.1 Å². The number of ether oxygens (including phenoxy) is 1. The highest BCUT2D eigenvalue weighted by molar-refractivity contribution is 7.89. The maximum absolute atomic E-state index is 11.9. The molecule has 20 heavy (non-hydrogen) atoms. The molecule has 0 unspecified atom stereocenters. The molecular weight excluding hydrogens is 296 g/mol. The molecule has 7 heteroatoms. The monoisotopic (exact) mass is 316 g/mol. The number of sulfonamides is 1. The highest BCUT2D eigenvalue weighted by atomic mass is 32.2. The number of benzene rings is 1. The van der Waals surface area contributed by atoms with Crippen LogP contribution >= 0.6 is 12.2 Å². The van der Waals surface area contributed by atoms with Crippen LogP contribution in [0.4, 0.5) is 0 Å². The zero-order valence-corrected chi connectivity index (χ0v) is 13.8. The van der Waals surface area contributed by atoms with Gasteiger partial charge < -0.3 is 9.64 Å². The molecule has 1 N–H and O–H groups in total. The molecular formula is C13H20N2O3S2. The SMILES string of the molecule is CCNS(=O)(=O)c1ccc(OC(=S)N(C)CC)c(C)c1. The lowest BCUT2D eigenvalue weighted by molar-refractivity contribution is 0.414. The first kappa shape index (κ1) is 16.9. The maximum atomic E-state index is 11.9. The van der Waals surface area contributed by atoms with E-state index in [9.17, 15) is 8.42 Å². The minimum absolute atomic E-state index is 0.221. The summed E-state index contributed by atoms with van der Waals surface area (Å²) in [6.07, 6.45) is 0. The molecule has 0 aliphatic carbocycles. The van der Waals surface area contributed by atoms with Crippen molar-refractivity contribution in [3.05, 3.63) is 23.8 Å². The van der Waals surface area contributed by atoms with Gasteiger partial charge in [-0.15, -0.1) is 0 Å². The third-order valence-electron chi connectivity index (χ3n) is 2.77. The van der Waals surface area contributed by atoms with Crippen molar-refractivity contribution in [1.82, 2.24) is 9.62 Å². The molecule has 0 radical (unpaired) electrons. The van der Waals surface area contributed by atoms with E-state index in [1.54, 1.807) is 30.9 Å². The number of nitrogens with zero attached hydrogens (tertiary/aromatic N) is 1. The molecule has 1 aromatic rings. The van der Waals surface area contributed by atoms with Crippen molar-refractivity contribution in [2.75, 3.05) is 20.1 Å². The molecule has 0 saturated carbocycles. The molecule has 0 aromatic heterocycles. The van der Waals surface area contributed by atoms with Crippen LogP contribution in [0.3, 0.4) is 0 Å². The average Bonchev–Trinajstić information content (AvgIpc) is 2.39. The van der Waals surface area contributed by atoms with E-state index in [0.29, 0.717) is 17.5 Å². The molecule has 0 aliphatic heterocycles. The van der Waals surface area contributed by atoms with Crippen LogP contribution in [-0.4, -0.2) is 38.6 Å². The normalized spacial score (nSPS) is 11.2. The third-order valence-corrected chi connectivity index (χ3v) is 4.71. The highest BCUT2D eigenvalue weighted by Gasteiger charge is 2.15. The summed E-state index contributed by atoms with van der Waals surface area (Å²) < 4.78 is 31.8. The smallest absolute Gasteiger partial charge is 0.264 e. The summed E-state index contributed by atoms with van der Waals surface area (Å²) in [6, 6.07) is 4.70. The van der Waals surface area contributed by atoms with Crippen molar-refractivity contribution in [2.24, 2.45) is 0 Å². The number of rotatable bonds is 5. The van der Waals surface area contributed by atoms with E-state index in [2.05, 4.69) is 4.72 Å². The zero-order valence-electron chi connectivity index (χ0n) is 12.1. The molecule has 1 rings (SSSR count). The molecule has 0 heterocycles. The standard InChI is InChI=1S/C13H20N2O3S2/c1-5-14-20(16,17)11-7-8-12(10(3)9-11)18-13(19)15(4)6-2/h7-9,14H,5-6H2,1-4H3. The van der Waals surface area contributed by atoms with Crippen LogP contribution in [0.2, 0.25) is 0 Å². The Kier molecular flexibility index (Phi) is 5.91. The Morgan fingerprint density at radius 2 is 2.05 bits per heavy atom. The molecule has 112 valence electrons. The molecule has 0 atom stereocenters. The van der Waals surface area contributed by atoms with Gasteiger partial charge in [0.2, 0.25) is 10.0 Å². The van der Waals surface area contributed by atoms with E-state index in [4.69, 9.17) is 17.0 Å². The number of aryl methyl sites for hydroxylation is 1. The van der Waals surface area contributed by atoms with Crippen LogP contribution in [0.1, 0.15) is 19.4 Å². The van der Waals surface area contributed by atoms with Gasteiger partial charge in [0.05, 0.1) is 4.90 Å². The fraction of sp³-hybridized carbons (Fsp3) is 0.462. The second-order valence-electron chi connectivity index (χ2n) is 4.31. The molecule has 1 aromatic carbocycles. The van der Waals surface area contributed by atoms with Gasteiger partial charge in [-0.3, -0.25) is 0 Å². The Bertz CT molecular complexity index is 585. The van der Waals surface area contributed by atoms with Gasteiger partial charge in [-0.25, -0.2) is 13.1 Å². The van der Waals surface area contributed by atoms with Gasteiger partial charge >= 0.3 is 0 Å². The molecule has 0 aliphatic rings. The fourth-order valence-electron chi connectivity index (χ4n) is 1.48. The Hall–Kier alpha value is -1.18. The Balaban J connectivity index is 2.97. The maximum Gasteiger partial charge on any atom is 0.264 e. The van der Waals surface area contributed by atoms with Crippen molar-refractivity contribution in [1.29, 1.82) is 0 Å². The Labute approximate surface area is 126 Å². The van der Waals surface area contributed by atoms with Gasteiger partial charge in [0.15, 0.2) is 0 Å².